The molecule has 2 rings (SSSR count). The molecule has 1 saturated carbocycles. The van der Waals surface area contributed by atoms with E-state index < -0.39 is 5.97 Å². The molecule has 1 heterocycles. The fourth-order valence-electron chi connectivity index (χ4n) is 2.75. The highest BCUT2D eigenvalue weighted by atomic mass is 16.5. The Kier molecular flexibility index (Phi) is 5.01. The van der Waals surface area contributed by atoms with Gasteiger partial charge in [0.1, 0.15) is 0 Å². The summed E-state index contributed by atoms with van der Waals surface area (Å²) >= 11 is 0. The van der Waals surface area contributed by atoms with Gasteiger partial charge in [0.15, 0.2) is 0 Å². The van der Waals surface area contributed by atoms with Crippen LogP contribution in [0.4, 0.5) is 4.79 Å². The zero-order valence-corrected chi connectivity index (χ0v) is 11.1. The summed E-state index contributed by atoms with van der Waals surface area (Å²) in [4.78, 5) is 22.5. The molecule has 0 bridgehead atoms. The lowest BCUT2D eigenvalue weighted by Crippen LogP contribution is -2.44. The standard InChI is InChI=1S/C13H22N2O4/c16-12(17)9-4-5-10(7-9)15-13(18)14-8-11-3-1-2-6-19-11/h9-11H,1-8H2,(H,16,17)(H2,14,15,18). The lowest BCUT2D eigenvalue weighted by atomic mass is 10.1. The van der Waals surface area contributed by atoms with E-state index in [0.717, 1.165) is 32.3 Å². The quantitative estimate of drug-likeness (QED) is 0.714. The van der Waals surface area contributed by atoms with Crippen LogP contribution in [0.5, 0.6) is 0 Å². The number of hydrogen-bond acceptors (Lipinski definition) is 3. The van der Waals surface area contributed by atoms with Crippen LogP contribution in [0, 0.1) is 5.92 Å². The second-order valence-corrected chi connectivity index (χ2v) is 5.39. The average Bonchev–Trinajstić information content (AvgIpc) is 2.86. The van der Waals surface area contributed by atoms with Crippen LogP contribution in [-0.2, 0) is 9.53 Å². The largest absolute Gasteiger partial charge is 0.481 e. The highest BCUT2D eigenvalue weighted by Crippen LogP contribution is 2.25. The van der Waals surface area contributed by atoms with Gasteiger partial charge >= 0.3 is 12.0 Å². The lowest BCUT2D eigenvalue weighted by molar-refractivity contribution is -0.141. The summed E-state index contributed by atoms with van der Waals surface area (Å²) < 4.78 is 5.53. The van der Waals surface area contributed by atoms with Gasteiger partial charge in [0.05, 0.1) is 12.0 Å². The molecule has 0 aromatic rings. The smallest absolute Gasteiger partial charge is 0.315 e. The van der Waals surface area contributed by atoms with Crippen LogP contribution in [-0.4, -0.2) is 42.4 Å². The molecule has 0 aromatic heterocycles. The first kappa shape index (κ1) is 14.1. The van der Waals surface area contributed by atoms with E-state index in [1.54, 1.807) is 0 Å². The fourth-order valence-corrected chi connectivity index (χ4v) is 2.75. The Bertz CT molecular complexity index is 329. The van der Waals surface area contributed by atoms with Crippen molar-refractivity contribution in [1.29, 1.82) is 0 Å². The predicted octanol–water partition coefficient (Wildman–Crippen LogP) is 1.11. The molecule has 3 unspecified atom stereocenters. The zero-order valence-electron chi connectivity index (χ0n) is 11.1. The summed E-state index contributed by atoms with van der Waals surface area (Å²) in [6, 6.07) is -0.237. The zero-order chi connectivity index (χ0) is 13.7. The van der Waals surface area contributed by atoms with Crippen molar-refractivity contribution < 1.29 is 19.4 Å². The van der Waals surface area contributed by atoms with Gasteiger partial charge < -0.3 is 20.5 Å². The molecular weight excluding hydrogens is 248 g/mol. The van der Waals surface area contributed by atoms with Gasteiger partial charge in [-0.3, -0.25) is 4.79 Å². The number of amides is 2. The molecule has 3 N–H and O–H groups in total. The minimum absolute atomic E-state index is 0.0200. The Hall–Kier alpha value is -1.30. The molecule has 2 aliphatic rings. The number of ether oxygens (including phenoxy) is 1. The molecule has 2 amide bonds. The number of aliphatic carboxylic acids is 1. The van der Waals surface area contributed by atoms with Crippen molar-refractivity contribution in [1.82, 2.24) is 10.6 Å². The van der Waals surface area contributed by atoms with E-state index in [4.69, 9.17) is 9.84 Å². The summed E-state index contributed by atoms with van der Waals surface area (Å²) in [5.41, 5.74) is 0. The molecule has 108 valence electrons. The van der Waals surface area contributed by atoms with Crippen molar-refractivity contribution in [2.75, 3.05) is 13.2 Å². The Morgan fingerprint density at radius 3 is 2.68 bits per heavy atom. The fraction of sp³-hybridized carbons (Fsp3) is 0.846. The molecule has 2 fully saturated rings. The summed E-state index contributed by atoms with van der Waals surface area (Å²) in [5, 5.41) is 14.5. The number of urea groups is 1. The lowest BCUT2D eigenvalue weighted by Gasteiger charge is -2.23. The van der Waals surface area contributed by atoms with E-state index in [1.807, 2.05) is 0 Å². The maximum absolute atomic E-state index is 11.7. The molecule has 3 atom stereocenters. The summed E-state index contributed by atoms with van der Waals surface area (Å²) in [5.74, 6) is -1.08. The third-order valence-electron chi connectivity index (χ3n) is 3.88. The number of carbonyl (C=O) groups is 2. The van der Waals surface area contributed by atoms with E-state index in [1.165, 1.54) is 0 Å². The topological polar surface area (TPSA) is 87.7 Å². The average molecular weight is 270 g/mol. The van der Waals surface area contributed by atoms with Crippen molar-refractivity contribution in [2.45, 2.75) is 50.7 Å². The molecule has 0 aromatic carbocycles. The molecule has 1 saturated heterocycles. The van der Waals surface area contributed by atoms with Crippen LogP contribution >= 0.6 is 0 Å². The second-order valence-electron chi connectivity index (χ2n) is 5.39. The van der Waals surface area contributed by atoms with E-state index in [0.29, 0.717) is 19.4 Å². The summed E-state index contributed by atoms with van der Waals surface area (Å²) in [6.07, 6.45) is 5.28. The van der Waals surface area contributed by atoms with Crippen LogP contribution in [0.25, 0.3) is 0 Å². The van der Waals surface area contributed by atoms with Crippen LogP contribution in [0.1, 0.15) is 38.5 Å². The van der Waals surface area contributed by atoms with Gasteiger partial charge in [-0.25, -0.2) is 4.79 Å². The van der Waals surface area contributed by atoms with Gasteiger partial charge in [0.25, 0.3) is 0 Å². The Balaban J connectivity index is 1.63. The molecule has 0 spiro atoms. The van der Waals surface area contributed by atoms with Crippen LogP contribution in [0.3, 0.4) is 0 Å². The molecular formula is C13H22N2O4. The Labute approximate surface area is 112 Å². The number of carboxylic acid groups (broad SMARTS) is 1. The van der Waals surface area contributed by atoms with Crippen molar-refractivity contribution in [3.05, 3.63) is 0 Å². The molecule has 6 nitrogen and oxygen atoms in total. The SMILES string of the molecule is O=C(NCC1CCCCO1)NC1CCC(C(=O)O)C1. The Morgan fingerprint density at radius 2 is 2.05 bits per heavy atom. The maximum atomic E-state index is 11.7. The number of carboxylic acids is 1. The van der Waals surface area contributed by atoms with Gasteiger partial charge in [0, 0.05) is 19.2 Å². The van der Waals surface area contributed by atoms with E-state index in [-0.39, 0.29) is 24.1 Å². The van der Waals surface area contributed by atoms with Crippen LogP contribution in [0.15, 0.2) is 0 Å². The van der Waals surface area contributed by atoms with Gasteiger partial charge in [-0.05, 0) is 38.5 Å². The first-order chi connectivity index (χ1) is 9.15. The highest BCUT2D eigenvalue weighted by Gasteiger charge is 2.30. The first-order valence-electron chi connectivity index (χ1n) is 7.04. The highest BCUT2D eigenvalue weighted by molar-refractivity contribution is 5.75. The summed E-state index contributed by atoms with van der Waals surface area (Å²) in [7, 11) is 0. The van der Waals surface area contributed by atoms with Gasteiger partial charge in [-0.2, -0.15) is 0 Å². The van der Waals surface area contributed by atoms with Crippen molar-refractivity contribution in [3.63, 3.8) is 0 Å². The van der Waals surface area contributed by atoms with Crippen molar-refractivity contribution in [3.8, 4) is 0 Å². The van der Waals surface area contributed by atoms with Crippen LogP contribution in [0.2, 0.25) is 0 Å². The normalized spacial score (nSPS) is 30.8. The molecule has 1 aliphatic heterocycles. The van der Waals surface area contributed by atoms with E-state index >= 15 is 0 Å². The minimum atomic E-state index is -0.764. The molecule has 0 radical (unpaired) electrons. The minimum Gasteiger partial charge on any atom is -0.481 e. The van der Waals surface area contributed by atoms with Crippen LogP contribution < -0.4 is 10.6 Å². The maximum Gasteiger partial charge on any atom is 0.315 e. The third kappa shape index (κ3) is 4.38. The van der Waals surface area contributed by atoms with E-state index in [9.17, 15) is 9.59 Å². The number of rotatable bonds is 4. The van der Waals surface area contributed by atoms with E-state index in [2.05, 4.69) is 10.6 Å². The Morgan fingerprint density at radius 1 is 1.21 bits per heavy atom. The van der Waals surface area contributed by atoms with Crippen molar-refractivity contribution in [2.24, 2.45) is 5.92 Å². The summed E-state index contributed by atoms with van der Waals surface area (Å²) in [6.45, 7) is 1.30. The monoisotopic (exact) mass is 270 g/mol. The molecule has 1 aliphatic carbocycles. The van der Waals surface area contributed by atoms with Crippen molar-refractivity contribution >= 4 is 12.0 Å². The van der Waals surface area contributed by atoms with Gasteiger partial charge in [-0.1, -0.05) is 0 Å². The number of nitrogens with one attached hydrogen (secondary N) is 2. The van der Waals surface area contributed by atoms with Gasteiger partial charge in [-0.15, -0.1) is 0 Å². The second kappa shape index (κ2) is 6.75. The predicted molar refractivity (Wildman–Crippen MR) is 68.9 cm³/mol. The van der Waals surface area contributed by atoms with Gasteiger partial charge in [0.2, 0.25) is 0 Å². The first-order valence-corrected chi connectivity index (χ1v) is 7.04. The number of hydrogen-bond donors (Lipinski definition) is 3. The molecule has 19 heavy (non-hydrogen) atoms. The number of carbonyl (C=O) groups excluding carboxylic acids is 1. The molecule has 6 heteroatoms. The third-order valence-corrected chi connectivity index (χ3v) is 3.88.